The van der Waals surface area contributed by atoms with Crippen LogP contribution in [0.5, 0.6) is 0 Å². The molecular formula is C4H11ClLiO5P. The largest absolute Gasteiger partial charge is 1.00 e. The van der Waals surface area contributed by atoms with Gasteiger partial charge in [0.1, 0.15) is 0 Å². The summed E-state index contributed by atoms with van der Waals surface area (Å²) < 4.78 is 18.9. The third-order valence-electron chi connectivity index (χ3n) is 0.687. The van der Waals surface area contributed by atoms with Crippen molar-refractivity contribution < 1.29 is 54.9 Å². The Balaban J connectivity index is -0.000000405. The minimum Gasteiger partial charge on any atom is -1.00 e. The van der Waals surface area contributed by atoms with Gasteiger partial charge >= 0.3 is 26.7 Å². The molecule has 0 aliphatic heterocycles. The van der Waals surface area contributed by atoms with Gasteiger partial charge in [-0.15, -0.1) is 0 Å². The molecule has 12 heavy (non-hydrogen) atoms. The summed E-state index contributed by atoms with van der Waals surface area (Å²) in [6, 6.07) is 0. The van der Waals surface area contributed by atoms with Gasteiger partial charge in [0.2, 0.25) is 0 Å². The molecule has 2 N–H and O–H groups in total. The van der Waals surface area contributed by atoms with Crippen molar-refractivity contribution in [3.05, 3.63) is 0 Å². The second-order valence-electron chi connectivity index (χ2n) is 1.62. The van der Waals surface area contributed by atoms with Crippen LogP contribution in [-0.2, 0) is 13.8 Å². The molecule has 0 heterocycles. The average molecular weight is 212 g/mol. The number of phosphoric acid groups is 1. The molecule has 0 fully saturated rings. The number of hydrogen-bond acceptors (Lipinski definition) is 3. The van der Waals surface area contributed by atoms with Gasteiger partial charge < -0.3 is 26.9 Å². The second-order valence-corrected chi connectivity index (χ2v) is 2.81. The Morgan fingerprint density at radius 1 is 1.50 bits per heavy atom. The number of halogens is 1. The van der Waals surface area contributed by atoms with Crippen LogP contribution in [0.3, 0.4) is 0 Å². The van der Waals surface area contributed by atoms with E-state index in [-0.39, 0.29) is 31.3 Å². The van der Waals surface area contributed by atoms with Crippen molar-refractivity contribution in [2.75, 3.05) is 6.61 Å². The summed E-state index contributed by atoms with van der Waals surface area (Å²) in [5.74, 6) is 0. The van der Waals surface area contributed by atoms with Crippen LogP contribution in [0.15, 0.2) is 0 Å². The predicted molar refractivity (Wildman–Crippen MR) is 34.2 cm³/mol. The first-order valence-electron chi connectivity index (χ1n) is 2.81. The monoisotopic (exact) mass is 212 g/mol. The summed E-state index contributed by atoms with van der Waals surface area (Å²) in [5, 5.41) is 0. The van der Waals surface area contributed by atoms with Gasteiger partial charge in [-0.1, -0.05) is 0 Å². The number of rotatable bonds is 4. The van der Waals surface area contributed by atoms with Crippen molar-refractivity contribution in [3.8, 4) is 0 Å². The fraction of sp³-hybridized carbons (Fsp3) is 1.00. The molecule has 8 heteroatoms. The zero-order chi connectivity index (χ0) is 8.20. The Labute approximate surface area is 89.6 Å². The maximum absolute atomic E-state index is 10.1. The van der Waals surface area contributed by atoms with E-state index < -0.39 is 14.1 Å². The zero-order valence-corrected chi connectivity index (χ0v) is 8.88. The van der Waals surface area contributed by atoms with Gasteiger partial charge in [0.15, 0.2) is 6.29 Å². The van der Waals surface area contributed by atoms with Crippen LogP contribution in [0.2, 0.25) is 0 Å². The molecule has 0 aliphatic carbocycles. The van der Waals surface area contributed by atoms with Crippen LogP contribution in [-0.4, -0.2) is 22.7 Å². The molecule has 0 aromatic heterocycles. The van der Waals surface area contributed by atoms with Gasteiger partial charge in [-0.05, 0) is 13.8 Å². The third kappa shape index (κ3) is 13.5. The van der Waals surface area contributed by atoms with Gasteiger partial charge in [-0.3, -0.25) is 4.52 Å². The Hall–Kier alpha value is 0.957. The summed E-state index contributed by atoms with van der Waals surface area (Å²) in [7, 11) is -4.38. The minimum atomic E-state index is -4.38. The van der Waals surface area contributed by atoms with Crippen LogP contribution in [0.25, 0.3) is 0 Å². The van der Waals surface area contributed by atoms with Gasteiger partial charge in [0.25, 0.3) is 0 Å². The van der Waals surface area contributed by atoms with Crippen LogP contribution in [0.4, 0.5) is 0 Å². The first-order valence-corrected chi connectivity index (χ1v) is 4.34. The topological polar surface area (TPSA) is 76.0 Å². The second kappa shape index (κ2) is 8.55. The molecule has 0 amide bonds. The molecule has 0 aromatic rings. The van der Waals surface area contributed by atoms with E-state index in [1.807, 2.05) is 0 Å². The Kier molecular flexibility index (Phi) is 13.3. The van der Waals surface area contributed by atoms with Crippen molar-refractivity contribution >= 4 is 7.82 Å². The minimum absolute atomic E-state index is 0. The summed E-state index contributed by atoms with van der Waals surface area (Å²) >= 11 is 0. The van der Waals surface area contributed by atoms with E-state index in [9.17, 15) is 4.57 Å². The predicted octanol–water partition coefficient (Wildman–Crippen LogP) is -5.51. The summed E-state index contributed by atoms with van der Waals surface area (Å²) in [4.78, 5) is 16.4. The smallest absolute Gasteiger partial charge is 1.00 e. The molecule has 70 valence electrons. The van der Waals surface area contributed by atoms with E-state index in [4.69, 9.17) is 14.5 Å². The SMILES string of the molecule is CCOC(C)OP(=O)(O)O.[Cl-].[Li+]. The van der Waals surface area contributed by atoms with Gasteiger partial charge in [0.05, 0.1) is 0 Å². The Morgan fingerprint density at radius 3 is 2.17 bits per heavy atom. The maximum atomic E-state index is 10.1. The van der Waals surface area contributed by atoms with Gasteiger partial charge in [-0.25, -0.2) is 4.57 Å². The summed E-state index contributed by atoms with van der Waals surface area (Å²) in [5.41, 5.74) is 0. The van der Waals surface area contributed by atoms with Crippen molar-refractivity contribution in [1.82, 2.24) is 0 Å². The van der Waals surface area contributed by atoms with Crippen molar-refractivity contribution in [2.24, 2.45) is 0 Å². The van der Waals surface area contributed by atoms with Crippen LogP contribution >= 0.6 is 7.82 Å². The van der Waals surface area contributed by atoms with Crippen molar-refractivity contribution in [2.45, 2.75) is 20.1 Å². The molecule has 0 saturated carbocycles. The Morgan fingerprint density at radius 2 is 1.92 bits per heavy atom. The standard InChI is InChI=1S/C4H11O5P.ClH.Li/c1-3-8-4(2)9-10(5,6)7;;/h4H,3H2,1-2H3,(H2,5,6,7);1H;/q;;+1/p-1. The molecule has 0 rings (SSSR count). The molecule has 5 nitrogen and oxygen atoms in total. The fourth-order valence-corrected chi connectivity index (χ4v) is 0.906. The van der Waals surface area contributed by atoms with Gasteiger partial charge in [0, 0.05) is 6.61 Å². The van der Waals surface area contributed by atoms with E-state index in [2.05, 4.69) is 4.52 Å². The first kappa shape index (κ1) is 18.7. The summed E-state index contributed by atoms with van der Waals surface area (Å²) in [6.07, 6.45) is -0.856. The maximum Gasteiger partial charge on any atom is 1.00 e. The first-order chi connectivity index (χ1) is 4.45. The van der Waals surface area contributed by atoms with Crippen molar-refractivity contribution in [1.29, 1.82) is 0 Å². The molecule has 0 bridgehead atoms. The molecule has 0 saturated heterocycles. The molecule has 1 unspecified atom stereocenters. The molecule has 0 radical (unpaired) electrons. The molecule has 1 atom stereocenters. The van der Waals surface area contributed by atoms with Crippen LogP contribution in [0.1, 0.15) is 13.8 Å². The number of phosphoric ester groups is 1. The van der Waals surface area contributed by atoms with E-state index >= 15 is 0 Å². The van der Waals surface area contributed by atoms with E-state index in [1.165, 1.54) is 6.92 Å². The van der Waals surface area contributed by atoms with Crippen molar-refractivity contribution in [3.63, 3.8) is 0 Å². The molecule has 0 aromatic carbocycles. The van der Waals surface area contributed by atoms with E-state index in [0.29, 0.717) is 6.61 Å². The van der Waals surface area contributed by atoms with Crippen LogP contribution in [0, 0.1) is 0 Å². The van der Waals surface area contributed by atoms with Gasteiger partial charge in [-0.2, -0.15) is 0 Å². The molecule has 0 spiro atoms. The molecule has 0 aliphatic rings. The van der Waals surface area contributed by atoms with Crippen LogP contribution < -0.4 is 31.3 Å². The quantitative estimate of drug-likeness (QED) is 0.276. The van der Waals surface area contributed by atoms with E-state index in [1.54, 1.807) is 6.92 Å². The Bertz CT molecular complexity index is 139. The zero-order valence-electron chi connectivity index (χ0n) is 7.23. The fourth-order valence-electron chi connectivity index (χ4n) is 0.459. The number of hydrogen-bond donors (Lipinski definition) is 2. The average Bonchev–Trinajstić information content (AvgIpc) is 1.59. The molecular weight excluding hydrogens is 201 g/mol. The normalized spacial score (nSPS) is 12.7. The third-order valence-corrected chi connectivity index (χ3v) is 1.26. The van der Waals surface area contributed by atoms with E-state index in [0.717, 1.165) is 0 Å². The summed E-state index contributed by atoms with van der Waals surface area (Å²) in [6.45, 7) is 3.49. The number of ether oxygens (including phenoxy) is 1.